The molecule has 0 heterocycles. The molecule has 3 aromatic carbocycles. The first-order valence-corrected chi connectivity index (χ1v) is 10.0. The first-order valence-electron chi connectivity index (χ1n) is 10.0. The van der Waals surface area contributed by atoms with Gasteiger partial charge in [-0.3, -0.25) is 0 Å². The third-order valence-electron chi connectivity index (χ3n) is 4.83. The molecule has 0 fully saturated rings. The summed E-state index contributed by atoms with van der Waals surface area (Å²) < 4.78 is 39.5. The van der Waals surface area contributed by atoms with Gasteiger partial charge in [-0.1, -0.05) is 37.4 Å². The molecule has 0 radical (unpaired) electrons. The Balaban J connectivity index is 1.87. The summed E-state index contributed by atoms with van der Waals surface area (Å²) in [5.41, 5.74) is 3.06. The second-order valence-corrected chi connectivity index (χ2v) is 7.66. The maximum absolute atomic E-state index is 14.9. The van der Waals surface area contributed by atoms with Crippen molar-refractivity contribution >= 4 is 11.9 Å². The van der Waals surface area contributed by atoms with E-state index in [9.17, 15) is 18.4 Å². The van der Waals surface area contributed by atoms with Crippen LogP contribution in [-0.4, -0.2) is 11.9 Å². The minimum Gasteiger partial charge on any atom is -0.423 e. The van der Waals surface area contributed by atoms with Crippen molar-refractivity contribution in [2.24, 2.45) is 0 Å². The predicted molar refractivity (Wildman–Crippen MR) is 123 cm³/mol. The van der Waals surface area contributed by atoms with Gasteiger partial charge < -0.3 is 9.47 Å². The normalized spacial score (nSPS) is 10.5. The summed E-state index contributed by atoms with van der Waals surface area (Å²) in [6.45, 7) is 11.8. The molecule has 0 saturated heterocycles. The zero-order valence-corrected chi connectivity index (χ0v) is 18.5. The second-order valence-electron chi connectivity index (χ2n) is 7.66. The van der Waals surface area contributed by atoms with Crippen LogP contribution in [0.4, 0.5) is 8.78 Å². The van der Waals surface area contributed by atoms with Gasteiger partial charge in [0.2, 0.25) is 0 Å². The lowest BCUT2D eigenvalue weighted by Gasteiger charge is -2.12. The highest BCUT2D eigenvalue weighted by Crippen LogP contribution is 2.33. The Morgan fingerprint density at radius 2 is 1.27 bits per heavy atom. The quantitative estimate of drug-likeness (QED) is 0.243. The molecule has 33 heavy (non-hydrogen) atoms. The Morgan fingerprint density at radius 1 is 0.727 bits per heavy atom. The molecular weight excluding hydrogens is 426 g/mol. The fourth-order valence-electron chi connectivity index (χ4n) is 3.07. The number of halogens is 2. The third kappa shape index (κ3) is 5.41. The molecule has 0 spiro atoms. The molecule has 4 nitrogen and oxygen atoms in total. The fraction of sp³-hybridized carbons (Fsp3) is 0.111. The van der Waals surface area contributed by atoms with Crippen LogP contribution in [-0.2, 0) is 9.59 Å². The van der Waals surface area contributed by atoms with Crippen LogP contribution in [0.5, 0.6) is 11.5 Å². The Kier molecular flexibility index (Phi) is 6.87. The number of rotatable bonds is 6. The van der Waals surface area contributed by atoms with Gasteiger partial charge in [-0.05, 0) is 73.4 Å². The maximum atomic E-state index is 14.9. The molecule has 0 unspecified atom stereocenters. The highest BCUT2D eigenvalue weighted by atomic mass is 19.1. The van der Waals surface area contributed by atoms with Crippen molar-refractivity contribution in [3.05, 3.63) is 96.1 Å². The Hall–Kier alpha value is -4.06. The third-order valence-corrected chi connectivity index (χ3v) is 4.83. The van der Waals surface area contributed by atoms with E-state index in [1.54, 1.807) is 37.3 Å². The number of ether oxygens (including phenoxy) is 2. The largest absolute Gasteiger partial charge is 0.423 e. The Morgan fingerprint density at radius 3 is 1.85 bits per heavy atom. The maximum Gasteiger partial charge on any atom is 0.338 e. The number of benzene rings is 3. The van der Waals surface area contributed by atoms with E-state index in [1.807, 2.05) is 6.92 Å². The van der Waals surface area contributed by atoms with E-state index in [-0.39, 0.29) is 22.5 Å². The molecular formula is C27H22F2O4. The van der Waals surface area contributed by atoms with Crippen molar-refractivity contribution < 1.29 is 27.8 Å². The molecule has 0 bridgehead atoms. The highest BCUT2D eigenvalue weighted by Gasteiger charge is 2.15. The number of carbonyl (C=O) groups is 2. The standard InChI is InChI=1S/C27H22F2O4/c1-15(2)26(30)32-20-8-10-21(17(5)12-20)18-6-9-22(23(28)13-18)19-7-11-25(24(29)14-19)33-27(31)16(3)4/h6-14H,1,3H2,2,4-5H3. The summed E-state index contributed by atoms with van der Waals surface area (Å²) in [4.78, 5) is 23.3. The van der Waals surface area contributed by atoms with Crippen LogP contribution in [0.1, 0.15) is 19.4 Å². The minimum absolute atomic E-state index is 0.136. The molecule has 3 aromatic rings. The summed E-state index contributed by atoms with van der Waals surface area (Å²) in [7, 11) is 0. The van der Waals surface area contributed by atoms with E-state index in [0.29, 0.717) is 16.9 Å². The number of carbonyl (C=O) groups excluding carboxylic acids is 2. The van der Waals surface area contributed by atoms with Gasteiger partial charge in [0.05, 0.1) is 0 Å². The van der Waals surface area contributed by atoms with Gasteiger partial charge in [-0.25, -0.2) is 18.4 Å². The molecule has 0 atom stereocenters. The SMILES string of the molecule is C=C(C)C(=O)Oc1ccc(-c2ccc(-c3ccc(OC(=O)C(=C)C)c(F)c3)c(F)c2)c(C)c1. The Labute approximate surface area is 190 Å². The first kappa shape index (κ1) is 23.6. The summed E-state index contributed by atoms with van der Waals surface area (Å²) >= 11 is 0. The van der Waals surface area contributed by atoms with Crippen molar-refractivity contribution in [3.8, 4) is 33.8 Å². The zero-order chi connectivity index (χ0) is 24.3. The van der Waals surface area contributed by atoms with E-state index >= 15 is 0 Å². The van der Waals surface area contributed by atoms with E-state index in [2.05, 4.69) is 13.2 Å². The van der Waals surface area contributed by atoms with Gasteiger partial charge >= 0.3 is 11.9 Å². The van der Waals surface area contributed by atoms with Crippen LogP contribution in [0.2, 0.25) is 0 Å². The van der Waals surface area contributed by atoms with Crippen molar-refractivity contribution in [1.82, 2.24) is 0 Å². The van der Waals surface area contributed by atoms with Crippen molar-refractivity contribution in [3.63, 3.8) is 0 Å². The molecule has 0 aliphatic heterocycles. The first-order chi connectivity index (χ1) is 15.6. The molecule has 168 valence electrons. The van der Waals surface area contributed by atoms with Gasteiger partial charge in [-0.2, -0.15) is 0 Å². The van der Waals surface area contributed by atoms with E-state index < -0.39 is 23.6 Å². The van der Waals surface area contributed by atoms with Crippen LogP contribution >= 0.6 is 0 Å². The van der Waals surface area contributed by atoms with Crippen molar-refractivity contribution in [2.45, 2.75) is 20.8 Å². The van der Waals surface area contributed by atoms with Crippen molar-refractivity contribution in [1.29, 1.82) is 0 Å². The molecule has 3 rings (SSSR count). The van der Waals surface area contributed by atoms with Crippen molar-refractivity contribution in [2.75, 3.05) is 0 Å². The highest BCUT2D eigenvalue weighted by molar-refractivity contribution is 5.89. The van der Waals surface area contributed by atoms with Crippen LogP contribution in [0.3, 0.4) is 0 Å². The number of esters is 2. The molecule has 0 amide bonds. The van der Waals surface area contributed by atoms with Crippen LogP contribution in [0, 0.1) is 18.6 Å². The molecule has 0 N–H and O–H groups in total. The lowest BCUT2D eigenvalue weighted by molar-refractivity contribution is -0.131. The number of hydrogen-bond donors (Lipinski definition) is 0. The van der Waals surface area contributed by atoms with Gasteiger partial charge in [0.25, 0.3) is 0 Å². The van der Waals surface area contributed by atoms with E-state index in [0.717, 1.165) is 17.2 Å². The molecule has 0 aliphatic carbocycles. The van der Waals surface area contributed by atoms with E-state index in [1.165, 1.54) is 25.1 Å². The fourth-order valence-corrected chi connectivity index (χ4v) is 3.07. The molecule has 0 aliphatic rings. The topological polar surface area (TPSA) is 52.6 Å². The van der Waals surface area contributed by atoms with Crippen LogP contribution in [0.15, 0.2) is 78.9 Å². The van der Waals surface area contributed by atoms with Gasteiger partial charge in [0.1, 0.15) is 11.6 Å². The lowest BCUT2D eigenvalue weighted by Crippen LogP contribution is -2.09. The van der Waals surface area contributed by atoms with Gasteiger partial charge in [0, 0.05) is 16.7 Å². The predicted octanol–water partition coefficient (Wildman–Crippen LogP) is 6.57. The second kappa shape index (κ2) is 9.61. The Bertz CT molecular complexity index is 1290. The molecule has 6 heteroatoms. The summed E-state index contributed by atoms with van der Waals surface area (Å²) in [6, 6.07) is 13.5. The van der Waals surface area contributed by atoms with Gasteiger partial charge in [-0.15, -0.1) is 0 Å². The average molecular weight is 448 g/mol. The minimum atomic E-state index is -0.790. The van der Waals surface area contributed by atoms with Crippen LogP contribution < -0.4 is 9.47 Å². The average Bonchev–Trinajstić information content (AvgIpc) is 2.75. The monoisotopic (exact) mass is 448 g/mol. The number of hydrogen-bond acceptors (Lipinski definition) is 4. The summed E-state index contributed by atoms with van der Waals surface area (Å²) in [5, 5.41) is 0. The smallest absolute Gasteiger partial charge is 0.338 e. The zero-order valence-electron chi connectivity index (χ0n) is 18.5. The van der Waals surface area contributed by atoms with E-state index in [4.69, 9.17) is 9.47 Å². The van der Waals surface area contributed by atoms with Crippen LogP contribution in [0.25, 0.3) is 22.3 Å². The molecule has 0 saturated carbocycles. The molecule has 0 aromatic heterocycles. The summed E-state index contributed by atoms with van der Waals surface area (Å²) in [5.74, 6) is -2.49. The summed E-state index contributed by atoms with van der Waals surface area (Å²) in [6.07, 6.45) is 0. The van der Waals surface area contributed by atoms with Gasteiger partial charge in [0.15, 0.2) is 11.6 Å². The number of aryl methyl sites for hydroxylation is 1. The lowest BCUT2D eigenvalue weighted by atomic mass is 9.96.